The predicted molar refractivity (Wildman–Crippen MR) is 82.6 cm³/mol. The summed E-state index contributed by atoms with van der Waals surface area (Å²) in [4.78, 5) is 3.80. The van der Waals surface area contributed by atoms with Gasteiger partial charge in [0.05, 0.1) is 5.69 Å². The first-order valence-corrected chi connectivity index (χ1v) is 6.74. The molecule has 0 heterocycles. The van der Waals surface area contributed by atoms with E-state index in [2.05, 4.69) is 4.99 Å². The molecule has 0 atom stereocenters. The van der Waals surface area contributed by atoms with Gasteiger partial charge in [0.15, 0.2) is 5.71 Å². The van der Waals surface area contributed by atoms with Gasteiger partial charge in [0.1, 0.15) is 0 Å². The Labute approximate surface area is 125 Å². The molecule has 0 bridgehead atoms. The fourth-order valence-corrected chi connectivity index (χ4v) is 2.26. The summed E-state index contributed by atoms with van der Waals surface area (Å²) >= 11 is 0. The van der Waals surface area contributed by atoms with Gasteiger partial charge in [-0.2, -0.15) is 13.2 Å². The maximum atomic E-state index is 13.4. The Morgan fingerprint density at radius 2 is 1.36 bits per heavy atom. The average Bonchev–Trinajstić information content (AvgIpc) is 2.52. The van der Waals surface area contributed by atoms with Crippen molar-refractivity contribution in [2.75, 3.05) is 0 Å². The minimum atomic E-state index is -4.52. The van der Waals surface area contributed by atoms with Crippen LogP contribution in [-0.4, -0.2) is 11.9 Å². The Balaban J connectivity index is 2.14. The highest BCUT2D eigenvalue weighted by atomic mass is 19.4. The van der Waals surface area contributed by atoms with Crippen LogP contribution < -0.4 is 0 Å². The number of alkyl halides is 3. The second kappa shape index (κ2) is 5.64. The molecule has 0 fully saturated rings. The van der Waals surface area contributed by atoms with Gasteiger partial charge in [-0.25, -0.2) is 4.99 Å². The molecule has 22 heavy (non-hydrogen) atoms. The summed E-state index contributed by atoms with van der Waals surface area (Å²) in [6.45, 7) is 0. The van der Waals surface area contributed by atoms with Gasteiger partial charge in [0, 0.05) is 5.56 Å². The molecule has 4 heteroatoms. The Kier molecular flexibility index (Phi) is 3.67. The van der Waals surface area contributed by atoms with Gasteiger partial charge in [0.2, 0.25) is 0 Å². The number of hydrogen-bond donors (Lipinski definition) is 0. The monoisotopic (exact) mass is 299 g/mol. The van der Waals surface area contributed by atoms with Crippen molar-refractivity contribution >= 4 is 22.2 Å². The fourth-order valence-electron chi connectivity index (χ4n) is 2.26. The van der Waals surface area contributed by atoms with E-state index in [1.807, 2.05) is 12.1 Å². The SMILES string of the molecule is FC(F)(F)C(=Nc1ccccc1)c1ccc2ccccc2c1. The standard InChI is InChI=1S/C18H12F3N/c19-18(20,21)17(22-16-8-2-1-3-9-16)15-11-10-13-6-4-5-7-14(13)12-15/h1-12H. The lowest BCUT2D eigenvalue weighted by atomic mass is 10.0. The average molecular weight is 299 g/mol. The van der Waals surface area contributed by atoms with Gasteiger partial charge in [-0.3, -0.25) is 0 Å². The van der Waals surface area contributed by atoms with Crippen molar-refractivity contribution in [2.24, 2.45) is 4.99 Å². The van der Waals surface area contributed by atoms with Crippen LogP contribution >= 0.6 is 0 Å². The van der Waals surface area contributed by atoms with Crippen molar-refractivity contribution in [1.82, 2.24) is 0 Å². The van der Waals surface area contributed by atoms with E-state index in [9.17, 15) is 13.2 Å². The van der Waals surface area contributed by atoms with E-state index in [1.54, 1.807) is 48.5 Å². The zero-order chi connectivity index (χ0) is 15.6. The molecule has 0 aliphatic rings. The van der Waals surface area contributed by atoms with E-state index in [1.165, 1.54) is 12.1 Å². The van der Waals surface area contributed by atoms with Crippen molar-refractivity contribution in [1.29, 1.82) is 0 Å². The van der Waals surface area contributed by atoms with Crippen LogP contribution in [0, 0.1) is 0 Å². The van der Waals surface area contributed by atoms with Gasteiger partial charge >= 0.3 is 6.18 Å². The number of rotatable bonds is 2. The Hall–Kier alpha value is -2.62. The fraction of sp³-hybridized carbons (Fsp3) is 0.0556. The minimum Gasteiger partial charge on any atom is -0.243 e. The zero-order valence-corrected chi connectivity index (χ0v) is 11.5. The Morgan fingerprint density at radius 1 is 0.727 bits per heavy atom. The maximum Gasteiger partial charge on any atom is 0.433 e. The number of halogens is 3. The third-order valence-corrected chi connectivity index (χ3v) is 3.29. The summed E-state index contributed by atoms with van der Waals surface area (Å²) in [5.41, 5.74) is -0.539. The number of benzene rings is 3. The number of hydrogen-bond acceptors (Lipinski definition) is 1. The van der Waals surface area contributed by atoms with E-state index in [0.29, 0.717) is 0 Å². The van der Waals surface area contributed by atoms with Gasteiger partial charge in [-0.1, -0.05) is 54.6 Å². The highest BCUT2D eigenvalue weighted by Gasteiger charge is 2.36. The lowest BCUT2D eigenvalue weighted by Crippen LogP contribution is -2.23. The molecule has 0 amide bonds. The van der Waals surface area contributed by atoms with Gasteiger partial charge in [-0.05, 0) is 29.0 Å². The van der Waals surface area contributed by atoms with Crippen molar-refractivity contribution in [3.63, 3.8) is 0 Å². The van der Waals surface area contributed by atoms with E-state index >= 15 is 0 Å². The molecule has 0 aliphatic carbocycles. The number of fused-ring (bicyclic) bond motifs is 1. The normalized spacial score (nSPS) is 12.6. The molecule has 0 spiro atoms. The zero-order valence-electron chi connectivity index (χ0n) is 11.5. The lowest BCUT2D eigenvalue weighted by molar-refractivity contribution is -0.0579. The van der Waals surface area contributed by atoms with Crippen molar-refractivity contribution in [3.05, 3.63) is 78.4 Å². The topological polar surface area (TPSA) is 12.4 Å². The minimum absolute atomic E-state index is 0.0649. The third kappa shape index (κ3) is 3.01. The van der Waals surface area contributed by atoms with Crippen LogP contribution in [-0.2, 0) is 0 Å². The van der Waals surface area contributed by atoms with Crippen molar-refractivity contribution < 1.29 is 13.2 Å². The van der Waals surface area contributed by atoms with Gasteiger partial charge in [-0.15, -0.1) is 0 Å². The summed E-state index contributed by atoms with van der Waals surface area (Å²) in [5, 5.41) is 1.65. The number of aliphatic imine (C=N–C) groups is 1. The smallest absolute Gasteiger partial charge is 0.243 e. The first-order chi connectivity index (χ1) is 10.5. The summed E-state index contributed by atoms with van der Waals surface area (Å²) in [6.07, 6.45) is -4.52. The number of nitrogens with zero attached hydrogens (tertiary/aromatic N) is 1. The van der Waals surface area contributed by atoms with Crippen LogP contribution in [0.4, 0.5) is 18.9 Å². The van der Waals surface area contributed by atoms with Crippen molar-refractivity contribution in [2.45, 2.75) is 6.18 Å². The molecule has 0 unspecified atom stereocenters. The lowest BCUT2D eigenvalue weighted by Gasteiger charge is -2.12. The Bertz CT molecular complexity index is 820. The van der Waals surface area contributed by atoms with Gasteiger partial charge < -0.3 is 0 Å². The highest BCUT2D eigenvalue weighted by Crippen LogP contribution is 2.27. The second-order valence-electron chi connectivity index (χ2n) is 4.86. The Morgan fingerprint density at radius 3 is 2.05 bits per heavy atom. The molecule has 0 radical (unpaired) electrons. The highest BCUT2D eigenvalue weighted by molar-refractivity contribution is 6.08. The largest absolute Gasteiger partial charge is 0.433 e. The van der Waals surface area contributed by atoms with E-state index in [-0.39, 0.29) is 11.3 Å². The van der Waals surface area contributed by atoms with Gasteiger partial charge in [0.25, 0.3) is 0 Å². The molecule has 0 aromatic heterocycles. The first kappa shape index (κ1) is 14.3. The maximum absolute atomic E-state index is 13.4. The second-order valence-corrected chi connectivity index (χ2v) is 4.86. The van der Waals surface area contributed by atoms with E-state index in [4.69, 9.17) is 0 Å². The molecule has 1 nitrogen and oxygen atoms in total. The quantitative estimate of drug-likeness (QED) is 0.552. The molecule has 110 valence electrons. The molecule has 3 aromatic rings. The van der Waals surface area contributed by atoms with E-state index < -0.39 is 11.9 Å². The van der Waals surface area contributed by atoms with Crippen LogP contribution in [0.25, 0.3) is 10.8 Å². The molecule has 0 aliphatic heterocycles. The first-order valence-electron chi connectivity index (χ1n) is 6.74. The van der Waals surface area contributed by atoms with Crippen LogP contribution in [0.15, 0.2) is 77.8 Å². The summed E-state index contributed by atoms with van der Waals surface area (Å²) in [7, 11) is 0. The van der Waals surface area contributed by atoms with Crippen LogP contribution in [0.2, 0.25) is 0 Å². The van der Waals surface area contributed by atoms with Crippen LogP contribution in [0.1, 0.15) is 5.56 Å². The van der Waals surface area contributed by atoms with Crippen LogP contribution in [0.3, 0.4) is 0 Å². The molecule has 0 saturated heterocycles. The molecule has 0 saturated carbocycles. The molecule has 3 rings (SSSR count). The van der Waals surface area contributed by atoms with Crippen LogP contribution in [0.5, 0.6) is 0 Å². The molecular weight excluding hydrogens is 287 g/mol. The molecule has 0 N–H and O–H groups in total. The van der Waals surface area contributed by atoms with E-state index in [0.717, 1.165) is 10.8 Å². The summed E-state index contributed by atoms with van der Waals surface area (Å²) in [6, 6.07) is 20.1. The summed E-state index contributed by atoms with van der Waals surface area (Å²) < 4.78 is 40.1. The van der Waals surface area contributed by atoms with Crippen molar-refractivity contribution in [3.8, 4) is 0 Å². The predicted octanol–water partition coefficient (Wildman–Crippen LogP) is 5.52. The number of para-hydroxylation sites is 1. The molecule has 3 aromatic carbocycles. The summed E-state index contributed by atoms with van der Waals surface area (Å²) in [5.74, 6) is 0. The third-order valence-electron chi connectivity index (χ3n) is 3.29. The molecular formula is C18H12F3N.